The number of ether oxygens (including phenoxy) is 1. The quantitative estimate of drug-likeness (QED) is 0.595. The normalized spacial score (nSPS) is 10.6. The molecule has 146 valence electrons. The number of rotatable bonds is 7. The smallest absolute Gasteiger partial charge is 0.143 e. The van der Waals surface area contributed by atoms with E-state index < -0.39 is 0 Å². The van der Waals surface area contributed by atoms with Crippen molar-refractivity contribution in [3.63, 3.8) is 0 Å². The molecule has 3 aromatic rings. The Morgan fingerprint density at radius 3 is 2.18 bits per heavy atom. The Hall–Kier alpha value is -3.28. The largest absolute Gasteiger partial charge is 0.489 e. The van der Waals surface area contributed by atoms with E-state index in [0.717, 1.165) is 28.6 Å². The van der Waals surface area contributed by atoms with Gasteiger partial charge in [-0.2, -0.15) is 0 Å². The highest BCUT2D eigenvalue weighted by Gasteiger charge is 2.08. The predicted molar refractivity (Wildman–Crippen MR) is 116 cm³/mol. The zero-order chi connectivity index (χ0) is 20.1. The molecule has 0 fully saturated rings. The summed E-state index contributed by atoms with van der Waals surface area (Å²) in [6.45, 7) is 5.90. The summed E-state index contributed by atoms with van der Waals surface area (Å²) < 4.78 is 5.88. The van der Waals surface area contributed by atoms with Gasteiger partial charge < -0.3 is 20.3 Å². The first kappa shape index (κ1) is 19.5. The first-order chi connectivity index (χ1) is 13.4. The highest BCUT2D eigenvalue weighted by Crippen LogP contribution is 2.29. The monoisotopic (exact) mass is 377 g/mol. The van der Waals surface area contributed by atoms with Crippen LogP contribution in [0.2, 0.25) is 0 Å². The third kappa shape index (κ3) is 5.13. The van der Waals surface area contributed by atoms with E-state index in [1.165, 1.54) is 0 Å². The maximum atomic E-state index is 5.88. The van der Waals surface area contributed by atoms with E-state index in [0.29, 0.717) is 11.6 Å². The van der Waals surface area contributed by atoms with Crippen molar-refractivity contribution >= 4 is 28.7 Å². The number of hydrogen-bond donors (Lipinski definition) is 2. The summed E-state index contributed by atoms with van der Waals surface area (Å²) in [6.07, 6.45) is 0.0949. The molecule has 0 radical (unpaired) electrons. The van der Waals surface area contributed by atoms with Gasteiger partial charge in [0, 0.05) is 31.5 Å². The van der Waals surface area contributed by atoms with Crippen LogP contribution in [0.15, 0.2) is 54.6 Å². The van der Waals surface area contributed by atoms with Crippen molar-refractivity contribution in [1.29, 1.82) is 0 Å². The molecule has 6 heteroatoms. The van der Waals surface area contributed by atoms with Gasteiger partial charge in [0.15, 0.2) is 0 Å². The third-order valence-corrected chi connectivity index (χ3v) is 4.01. The van der Waals surface area contributed by atoms with Gasteiger partial charge in [0.2, 0.25) is 0 Å². The lowest BCUT2D eigenvalue weighted by Gasteiger charge is -2.16. The number of nitrogens with one attached hydrogen (secondary N) is 2. The molecule has 0 saturated heterocycles. The van der Waals surface area contributed by atoms with Crippen molar-refractivity contribution in [2.24, 2.45) is 0 Å². The SMILES string of the molecule is Cc1nc(Nc2ccc(N(C)C)cc2)cc(Nc2ccccc2OC(C)C)n1. The molecule has 1 heterocycles. The molecule has 0 aliphatic heterocycles. The molecule has 0 amide bonds. The van der Waals surface area contributed by atoms with Crippen LogP contribution in [0.1, 0.15) is 19.7 Å². The molecule has 6 nitrogen and oxygen atoms in total. The fourth-order valence-corrected chi connectivity index (χ4v) is 2.75. The van der Waals surface area contributed by atoms with Crippen molar-refractivity contribution < 1.29 is 4.74 Å². The van der Waals surface area contributed by atoms with Crippen LogP contribution in [0.4, 0.5) is 28.7 Å². The number of anilines is 5. The maximum absolute atomic E-state index is 5.88. The summed E-state index contributed by atoms with van der Waals surface area (Å²) in [5, 5.41) is 6.69. The average molecular weight is 377 g/mol. The Balaban J connectivity index is 1.80. The standard InChI is InChI=1S/C22H27N5O/c1-15(2)28-20-9-7-6-8-19(20)26-22-14-21(23-16(3)24-22)25-17-10-12-18(13-11-17)27(4)5/h6-15H,1-5H3,(H2,23,24,25,26). The second kappa shape index (κ2) is 8.61. The van der Waals surface area contributed by atoms with Crippen molar-refractivity contribution in [2.75, 3.05) is 29.6 Å². The second-order valence-electron chi connectivity index (χ2n) is 7.04. The summed E-state index contributed by atoms with van der Waals surface area (Å²) in [7, 11) is 4.05. The van der Waals surface area contributed by atoms with Crippen LogP contribution in [0.5, 0.6) is 5.75 Å². The Bertz CT molecular complexity index is 922. The molecule has 2 aromatic carbocycles. The van der Waals surface area contributed by atoms with E-state index in [1.54, 1.807) is 0 Å². The Kier molecular flexibility index (Phi) is 5.99. The first-order valence-electron chi connectivity index (χ1n) is 9.33. The minimum absolute atomic E-state index is 0.0949. The van der Waals surface area contributed by atoms with Gasteiger partial charge in [0.1, 0.15) is 23.2 Å². The van der Waals surface area contributed by atoms with E-state index >= 15 is 0 Å². The summed E-state index contributed by atoms with van der Waals surface area (Å²) in [4.78, 5) is 11.1. The Labute approximate surface area is 166 Å². The molecule has 28 heavy (non-hydrogen) atoms. The van der Waals surface area contributed by atoms with Gasteiger partial charge in [-0.25, -0.2) is 9.97 Å². The average Bonchev–Trinajstić information content (AvgIpc) is 2.63. The van der Waals surface area contributed by atoms with Crippen molar-refractivity contribution in [2.45, 2.75) is 26.9 Å². The number of hydrogen-bond acceptors (Lipinski definition) is 6. The molecule has 0 aliphatic carbocycles. The third-order valence-electron chi connectivity index (χ3n) is 4.01. The van der Waals surface area contributed by atoms with Crippen molar-refractivity contribution in [3.05, 3.63) is 60.4 Å². The van der Waals surface area contributed by atoms with Gasteiger partial charge in [-0.05, 0) is 57.2 Å². The molecular formula is C22H27N5O. The molecular weight excluding hydrogens is 350 g/mol. The van der Waals surface area contributed by atoms with Crippen LogP contribution in [-0.2, 0) is 0 Å². The van der Waals surface area contributed by atoms with E-state index in [2.05, 4.69) is 37.6 Å². The molecule has 0 spiro atoms. The molecule has 3 rings (SSSR count). The van der Waals surface area contributed by atoms with Crippen molar-refractivity contribution in [3.8, 4) is 5.75 Å². The predicted octanol–water partition coefficient (Wildman–Crippen LogP) is 5.13. The lowest BCUT2D eigenvalue weighted by atomic mass is 10.2. The lowest BCUT2D eigenvalue weighted by Crippen LogP contribution is -2.08. The molecule has 0 saturated carbocycles. The minimum Gasteiger partial charge on any atom is -0.489 e. The van der Waals surface area contributed by atoms with Crippen LogP contribution < -0.4 is 20.3 Å². The van der Waals surface area contributed by atoms with Crippen LogP contribution in [0, 0.1) is 6.92 Å². The zero-order valence-corrected chi connectivity index (χ0v) is 17.0. The number of aromatic nitrogens is 2. The van der Waals surface area contributed by atoms with Crippen LogP contribution in [-0.4, -0.2) is 30.2 Å². The van der Waals surface area contributed by atoms with Gasteiger partial charge in [0.25, 0.3) is 0 Å². The van der Waals surface area contributed by atoms with Gasteiger partial charge in [-0.3, -0.25) is 0 Å². The van der Waals surface area contributed by atoms with Crippen LogP contribution in [0.25, 0.3) is 0 Å². The number of benzene rings is 2. The Morgan fingerprint density at radius 1 is 0.893 bits per heavy atom. The van der Waals surface area contributed by atoms with E-state index in [1.807, 2.05) is 77.3 Å². The van der Waals surface area contributed by atoms with Gasteiger partial charge in [-0.1, -0.05) is 12.1 Å². The topological polar surface area (TPSA) is 62.3 Å². The van der Waals surface area contributed by atoms with Gasteiger partial charge in [0.05, 0.1) is 11.8 Å². The fourth-order valence-electron chi connectivity index (χ4n) is 2.75. The Morgan fingerprint density at radius 2 is 1.54 bits per heavy atom. The van der Waals surface area contributed by atoms with E-state index in [-0.39, 0.29) is 6.10 Å². The fraction of sp³-hybridized carbons (Fsp3) is 0.273. The maximum Gasteiger partial charge on any atom is 0.143 e. The van der Waals surface area contributed by atoms with Crippen LogP contribution in [0.3, 0.4) is 0 Å². The van der Waals surface area contributed by atoms with E-state index in [4.69, 9.17) is 4.74 Å². The molecule has 0 aliphatic rings. The highest BCUT2D eigenvalue weighted by molar-refractivity contribution is 5.67. The molecule has 1 aromatic heterocycles. The molecule has 0 unspecified atom stereocenters. The molecule has 2 N–H and O–H groups in total. The summed E-state index contributed by atoms with van der Waals surface area (Å²) in [6, 6.07) is 17.9. The molecule has 0 atom stereocenters. The summed E-state index contributed by atoms with van der Waals surface area (Å²) in [5.41, 5.74) is 2.99. The van der Waals surface area contributed by atoms with Crippen LogP contribution >= 0.6 is 0 Å². The minimum atomic E-state index is 0.0949. The summed E-state index contributed by atoms with van der Waals surface area (Å²) in [5.74, 6) is 2.91. The number of nitrogens with zero attached hydrogens (tertiary/aromatic N) is 3. The number of para-hydroxylation sites is 2. The van der Waals surface area contributed by atoms with E-state index in [9.17, 15) is 0 Å². The highest BCUT2D eigenvalue weighted by atomic mass is 16.5. The van der Waals surface area contributed by atoms with Gasteiger partial charge in [-0.15, -0.1) is 0 Å². The van der Waals surface area contributed by atoms with Crippen molar-refractivity contribution in [1.82, 2.24) is 9.97 Å². The summed E-state index contributed by atoms with van der Waals surface area (Å²) >= 11 is 0. The zero-order valence-electron chi connectivity index (χ0n) is 17.0. The molecule has 0 bridgehead atoms. The van der Waals surface area contributed by atoms with Gasteiger partial charge >= 0.3 is 0 Å². The first-order valence-corrected chi connectivity index (χ1v) is 9.33. The number of aryl methyl sites for hydroxylation is 1. The second-order valence-corrected chi connectivity index (χ2v) is 7.04. The lowest BCUT2D eigenvalue weighted by molar-refractivity contribution is 0.244.